The molecule has 0 saturated heterocycles. The van der Waals surface area contributed by atoms with Gasteiger partial charge in [0.25, 0.3) is 0 Å². The van der Waals surface area contributed by atoms with Gasteiger partial charge in [-0.25, -0.2) is 0 Å². The van der Waals surface area contributed by atoms with Crippen LogP contribution < -0.4 is 27.4 Å². The van der Waals surface area contributed by atoms with Gasteiger partial charge in [0.1, 0.15) is 0 Å². The van der Waals surface area contributed by atoms with Crippen LogP contribution in [0.25, 0.3) is 0 Å². The van der Waals surface area contributed by atoms with E-state index >= 15 is 0 Å². The second kappa shape index (κ2) is 17.8. The fourth-order valence-corrected chi connectivity index (χ4v) is 1.84. The van der Waals surface area contributed by atoms with Gasteiger partial charge < -0.3 is 27.4 Å². The molecule has 0 saturated carbocycles. The van der Waals surface area contributed by atoms with E-state index in [0.717, 1.165) is 65.2 Å². The molecule has 0 aromatic carbocycles. The fourth-order valence-electron chi connectivity index (χ4n) is 1.84. The molecule has 116 valence electrons. The standard InChI is InChI=1S/C14H35N5/c15-7-1-3-9-17-11-5-13-19-14-6-12-18-10-4-2-8-16/h17-19H,1-16H2. The van der Waals surface area contributed by atoms with Crippen LogP contribution in [-0.4, -0.2) is 52.4 Å². The van der Waals surface area contributed by atoms with Crippen LogP contribution in [0.1, 0.15) is 38.5 Å². The van der Waals surface area contributed by atoms with Gasteiger partial charge in [-0.3, -0.25) is 0 Å². The van der Waals surface area contributed by atoms with Crippen LogP contribution in [0.2, 0.25) is 0 Å². The van der Waals surface area contributed by atoms with E-state index in [9.17, 15) is 0 Å². The summed E-state index contributed by atoms with van der Waals surface area (Å²) >= 11 is 0. The number of rotatable bonds is 16. The highest BCUT2D eigenvalue weighted by Crippen LogP contribution is 1.84. The molecule has 0 aromatic heterocycles. The molecule has 0 unspecified atom stereocenters. The second-order valence-corrected chi connectivity index (χ2v) is 4.95. The van der Waals surface area contributed by atoms with Crippen LogP contribution in [0.15, 0.2) is 0 Å². The van der Waals surface area contributed by atoms with Crippen LogP contribution in [0.4, 0.5) is 0 Å². The van der Waals surface area contributed by atoms with E-state index in [0.29, 0.717) is 0 Å². The first kappa shape index (κ1) is 18.8. The third-order valence-corrected chi connectivity index (χ3v) is 3.03. The van der Waals surface area contributed by atoms with E-state index in [-0.39, 0.29) is 0 Å². The Morgan fingerprint density at radius 2 is 0.737 bits per heavy atom. The van der Waals surface area contributed by atoms with Crippen LogP contribution in [0.3, 0.4) is 0 Å². The van der Waals surface area contributed by atoms with E-state index in [4.69, 9.17) is 11.5 Å². The highest BCUT2D eigenvalue weighted by Gasteiger charge is 1.91. The molecular weight excluding hydrogens is 238 g/mol. The van der Waals surface area contributed by atoms with E-state index < -0.39 is 0 Å². The monoisotopic (exact) mass is 273 g/mol. The van der Waals surface area contributed by atoms with Crippen molar-refractivity contribution in [1.29, 1.82) is 0 Å². The van der Waals surface area contributed by atoms with Gasteiger partial charge in [-0.1, -0.05) is 0 Å². The van der Waals surface area contributed by atoms with E-state index in [1.807, 2.05) is 0 Å². The summed E-state index contributed by atoms with van der Waals surface area (Å²) in [6.07, 6.45) is 7.05. The lowest BCUT2D eigenvalue weighted by Crippen LogP contribution is -2.26. The lowest BCUT2D eigenvalue weighted by atomic mass is 10.3. The summed E-state index contributed by atoms with van der Waals surface area (Å²) in [5, 5.41) is 10.3. The van der Waals surface area contributed by atoms with Gasteiger partial charge in [0, 0.05) is 0 Å². The summed E-state index contributed by atoms with van der Waals surface area (Å²) in [6, 6.07) is 0. The SMILES string of the molecule is NCCCCNCCCNCCCNCCCCN. The number of nitrogens with one attached hydrogen (secondary N) is 3. The molecule has 5 heteroatoms. The largest absolute Gasteiger partial charge is 0.330 e. The number of hydrogen-bond donors (Lipinski definition) is 5. The summed E-state index contributed by atoms with van der Waals surface area (Å²) in [6.45, 7) is 8.25. The van der Waals surface area contributed by atoms with Crippen molar-refractivity contribution in [3.05, 3.63) is 0 Å². The second-order valence-electron chi connectivity index (χ2n) is 4.95. The Bertz CT molecular complexity index is 139. The Labute approximate surface area is 119 Å². The van der Waals surface area contributed by atoms with Crippen LogP contribution in [0, 0.1) is 0 Å². The first-order valence-corrected chi connectivity index (χ1v) is 7.94. The third-order valence-electron chi connectivity index (χ3n) is 3.03. The van der Waals surface area contributed by atoms with Gasteiger partial charge in [0.15, 0.2) is 0 Å². The summed E-state index contributed by atoms with van der Waals surface area (Å²) in [7, 11) is 0. The molecule has 5 nitrogen and oxygen atoms in total. The Morgan fingerprint density at radius 1 is 0.421 bits per heavy atom. The number of hydrogen-bond acceptors (Lipinski definition) is 5. The molecule has 0 spiro atoms. The van der Waals surface area contributed by atoms with Crippen molar-refractivity contribution in [2.24, 2.45) is 11.5 Å². The molecule has 0 radical (unpaired) electrons. The van der Waals surface area contributed by atoms with Crippen molar-refractivity contribution in [3.8, 4) is 0 Å². The maximum atomic E-state index is 5.43. The Hall–Kier alpha value is -0.200. The first-order valence-electron chi connectivity index (χ1n) is 7.94. The van der Waals surface area contributed by atoms with Crippen molar-refractivity contribution in [1.82, 2.24) is 16.0 Å². The molecule has 19 heavy (non-hydrogen) atoms. The van der Waals surface area contributed by atoms with Gasteiger partial charge in [-0.05, 0) is 90.9 Å². The number of nitrogens with two attached hydrogens (primary N) is 2. The van der Waals surface area contributed by atoms with Gasteiger partial charge in [-0.2, -0.15) is 0 Å². The van der Waals surface area contributed by atoms with E-state index in [2.05, 4.69) is 16.0 Å². The molecule has 0 aliphatic rings. The summed E-state index contributed by atoms with van der Waals surface area (Å²) in [5.74, 6) is 0. The normalized spacial score (nSPS) is 11.1. The molecule has 0 atom stereocenters. The third kappa shape index (κ3) is 17.8. The smallest absolute Gasteiger partial charge is 0.00368 e. The Morgan fingerprint density at radius 3 is 1.05 bits per heavy atom. The maximum absolute atomic E-state index is 5.43. The highest BCUT2D eigenvalue weighted by molar-refractivity contribution is 4.55. The van der Waals surface area contributed by atoms with Gasteiger partial charge in [-0.15, -0.1) is 0 Å². The number of unbranched alkanes of at least 4 members (excludes halogenated alkanes) is 2. The molecule has 0 amide bonds. The molecule has 0 heterocycles. The fraction of sp³-hybridized carbons (Fsp3) is 1.00. The quantitative estimate of drug-likeness (QED) is 0.256. The zero-order chi connectivity index (χ0) is 14.0. The molecule has 0 aromatic rings. The zero-order valence-corrected chi connectivity index (χ0v) is 12.6. The first-order chi connectivity index (χ1) is 9.41. The topological polar surface area (TPSA) is 88.1 Å². The van der Waals surface area contributed by atoms with E-state index in [1.165, 1.54) is 25.7 Å². The maximum Gasteiger partial charge on any atom is -0.00368 e. The lowest BCUT2D eigenvalue weighted by molar-refractivity contribution is 0.551. The van der Waals surface area contributed by atoms with Crippen LogP contribution >= 0.6 is 0 Å². The summed E-state index contributed by atoms with van der Waals surface area (Å²) in [5.41, 5.74) is 10.9. The molecule has 0 aliphatic carbocycles. The van der Waals surface area contributed by atoms with Gasteiger partial charge in [0.05, 0.1) is 0 Å². The van der Waals surface area contributed by atoms with Crippen molar-refractivity contribution in [2.75, 3.05) is 52.4 Å². The van der Waals surface area contributed by atoms with Crippen molar-refractivity contribution >= 4 is 0 Å². The van der Waals surface area contributed by atoms with Crippen LogP contribution in [-0.2, 0) is 0 Å². The highest BCUT2D eigenvalue weighted by atomic mass is 14.9. The molecule has 0 aliphatic heterocycles. The Balaban J connectivity index is 2.88. The summed E-state index contributed by atoms with van der Waals surface area (Å²) in [4.78, 5) is 0. The molecule has 0 rings (SSSR count). The van der Waals surface area contributed by atoms with Gasteiger partial charge >= 0.3 is 0 Å². The minimum absolute atomic E-state index is 0.809. The molecule has 0 bridgehead atoms. The average molecular weight is 273 g/mol. The zero-order valence-electron chi connectivity index (χ0n) is 12.6. The predicted octanol–water partition coefficient (Wildman–Crippen LogP) is 0.0132. The van der Waals surface area contributed by atoms with E-state index in [1.54, 1.807) is 0 Å². The van der Waals surface area contributed by atoms with Crippen LogP contribution in [0.5, 0.6) is 0 Å². The lowest BCUT2D eigenvalue weighted by Gasteiger charge is -2.07. The van der Waals surface area contributed by atoms with Crippen molar-refractivity contribution < 1.29 is 0 Å². The average Bonchev–Trinajstić information content (AvgIpc) is 2.43. The minimum Gasteiger partial charge on any atom is -0.330 e. The summed E-state index contributed by atoms with van der Waals surface area (Å²) < 4.78 is 0. The predicted molar refractivity (Wildman–Crippen MR) is 84.4 cm³/mol. The van der Waals surface area contributed by atoms with Crippen molar-refractivity contribution in [2.45, 2.75) is 38.5 Å². The molecule has 0 fully saturated rings. The molecular formula is C14H35N5. The minimum atomic E-state index is 0.809. The molecule has 7 N–H and O–H groups in total. The van der Waals surface area contributed by atoms with Gasteiger partial charge in [0.2, 0.25) is 0 Å². The van der Waals surface area contributed by atoms with Crippen molar-refractivity contribution in [3.63, 3.8) is 0 Å². The Kier molecular flexibility index (Phi) is 17.6.